The van der Waals surface area contributed by atoms with Crippen LogP contribution in [0.5, 0.6) is 5.75 Å². The summed E-state index contributed by atoms with van der Waals surface area (Å²) in [6.45, 7) is 2.35. The minimum Gasteiger partial charge on any atom is -0.501 e. The molecule has 0 aliphatic carbocycles. The van der Waals surface area contributed by atoms with Gasteiger partial charge in [0.2, 0.25) is 15.8 Å². The quantitative estimate of drug-likeness (QED) is 0.162. The van der Waals surface area contributed by atoms with E-state index in [0.717, 1.165) is 37.3 Å². The molecule has 2 aromatic heterocycles. The SMILES string of the molecule is Cc1cc(-c2ncc[nH]2)c(N=Nc2cc(S(=O)(=O)N(C)C)cc([N+](=O)[O-])c2O)cc1-c1ccc(CN)s1. The zero-order valence-corrected chi connectivity index (χ0v) is 21.7. The van der Waals surface area contributed by atoms with Crippen LogP contribution in [-0.2, 0) is 16.6 Å². The third-order valence-corrected chi connectivity index (χ3v) is 8.44. The Morgan fingerprint density at radius 3 is 2.49 bits per heavy atom. The Morgan fingerprint density at radius 1 is 1.16 bits per heavy atom. The Morgan fingerprint density at radius 2 is 1.89 bits per heavy atom. The lowest BCUT2D eigenvalue weighted by Crippen LogP contribution is -2.22. The van der Waals surface area contributed by atoms with Crippen molar-refractivity contribution in [2.75, 3.05) is 14.1 Å². The van der Waals surface area contributed by atoms with Gasteiger partial charge in [0.25, 0.3) is 0 Å². The van der Waals surface area contributed by atoms with Crippen molar-refractivity contribution in [2.45, 2.75) is 18.4 Å². The van der Waals surface area contributed by atoms with Gasteiger partial charge in [-0.3, -0.25) is 10.1 Å². The Kier molecular flexibility index (Phi) is 7.18. The smallest absolute Gasteiger partial charge is 0.314 e. The van der Waals surface area contributed by atoms with E-state index >= 15 is 0 Å². The number of imidazole rings is 1. The number of nitrogens with two attached hydrogens (primary N) is 1. The van der Waals surface area contributed by atoms with Crippen molar-refractivity contribution in [1.29, 1.82) is 0 Å². The van der Waals surface area contributed by atoms with Crippen LogP contribution in [0.2, 0.25) is 0 Å². The van der Waals surface area contributed by atoms with Crippen molar-refractivity contribution in [3.05, 3.63) is 69.3 Å². The zero-order chi connectivity index (χ0) is 26.9. The fraction of sp³-hybridized carbons (Fsp3) is 0.174. The summed E-state index contributed by atoms with van der Waals surface area (Å²) in [6, 6.07) is 9.38. The van der Waals surface area contributed by atoms with E-state index in [4.69, 9.17) is 5.73 Å². The standard InChI is InChI=1S/C23H23N7O5S2/c1-13-8-17(23-25-6-7-26-23)18(11-16(13)21-5-4-14(12-24)36-21)27-28-19-9-15(37(34,35)29(2)3)10-20(22(19)31)30(32)33/h4-11,31H,12,24H2,1-3H3,(H,25,26). The van der Waals surface area contributed by atoms with E-state index in [1.54, 1.807) is 18.5 Å². The van der Waals surface area contributed by atoms with Crippen molar-refractivity contribution in [3.8, 4) is 27.6 Å². The molecule has 4 N–H and O–H groups in total. The molecule has 2 heterocycles. The number of nitrogens with one attached hydrogen (secondary N) is 1. The molecule has 0 saturated carbocycles. The Bertz CT molecular complexity index is 1610. The number of aromatic amines is 1. The number of hydrogen-bond donors (Lipinski definition) is 3. The maximum absolute atomic E-state index is 12.6. The molecule has 0 unspecified atom stereocenters. The van der Waals surface area contributed by atoms with Crippen LogP contribution in [0.25, 0.3) is 21.8 Å². The maximum Gasteiger partial charge on any atom is 0.314 e. The molecule has 4 rings (SSSR count). The monoisotopic (exact) mass is 541 g/mol. The molecule has 0 fully saturated rings. The summed E-state index contributed by atoms with van der Waals surface area (Å²) < 4.78 is 26.2. The second kappa shape index (κ2) is 10.2. The van der Waals surface area contributed by atoms with Crippen molar-refractivity contribution in [1.82, 2.24) is 14.3 Å². The predicted octanol–water partition coefficient (Wildman–Crippen LogP) is 4.85. The van der Waals surface area contributed by atoms with Gasteiger partial charge in [0, 0.05) is 54.4 Å². The molecule has 37 heavy (non-hydrogen) atoms. The first-order chi connectivity index (χ1) is 17.5. The molecular weight excluding hydrogens is 518 g/mol. The van der Waals surface area contributed by atoms with E-state index in [1.165, 1.54) is 25.4 Å². The van der Waals surface area contributed by atoms with Gasteiger partial charge in [-0.25, -0.2) is 17.7 Å². The highest BCUT2D eigenvalue weighted by molar-refractivity contribution is 7.89. The first-order valence-corrected chi connectivity index (χ1v) is 13.1. The van der Waals surface area contributed by atoms with E-state index in [9.17, 15) is 23.6 Å². The Balaban J connectivity index is 1.90. The number of hydrogen-bond acceptors (Lipinski definition) is 10. The number of rotatable bonds is 8. The van der Waals surface area contributed by atoms with Gasteiger partial charge in [-0.2, -0.15) is 0 Å². The number of sulfonamides is 1. The predicted molar refractivity (Wildman–Crippen MR) is 140 cm³/mol. The molecule has 12 nitrogen and oxygen atoms in total. The van der Waals surface area contributed by atoms with Gasteiger partial charge in [-0.15, -0.1) is 21.6 Å². The normalized spacial score (nSPS) is 12.0. The average molecular weight is 542 g/mol. The number of H-pyrrole nitrogens is 1. The van der Waals surface area contributed by atoms with Gasteiger partial charge < -0.3 is 15.8 Å². The molecule has 0 bridgehead atoms. The number of aromatic hydroxyl groups is 1. The average Bonchev–Trinajstić information content (AvgIpc) is 3.55. The summed E-state index contributed by atoms with van der Waals surface area (Å²) in [6.07, 6.45) is 3.23. The topological polar surface area (TPSA) is 180 Å². The summed E-state index contributed by atoms with van der Waals surface area (Å²) in [4.78, 5) is 19.5. The molecule has 0 radical (unpaired) electrons. The van der Waals surface area contributed by atoms with Gasteiger partial charge in [0.05, 0.1) is 15.5 Å². The molecule has 0 atom stereocenters. The van der Waals surface area contributed by atoms with Gasteiger partial charge >= 0.3 is 5.69 Å². The van der Waals surface area contributed by atoms with Gasteiger partial charge in [0.1, 0.15) is 11.5 Å². The van der Waals surface area contributed by atoms with Crippen LogP contribution < -0.4 is 5.73 Å². The second-order valence-corrected chi connectivity index (χ2v) is 11.5. The van der Waals surface area contributed by atoms with E-state index in [-0.39, 0.29) is 5.69 Å². The summed E-state index contributed by atoms with van der Waals surface area (Å²) >= 11 is 1.53. The second-order valence-electron chi connectivity index (χ2n) is 8.15. The number of phenolic OH excluding ortho intramolecular Hbond substituents is 1. The summed E-state index contributed by atoms with van der Waals surface area (Å²) in [5, 5.41) is 30.3. The number of aryl methyl sites for hydroxylation is 1. The number of phenols is 1. The maximum atomic E-state index is 12.6. The van der Waals surface area contributed by atoms with E-state index < -0.39 is 31.3 Å². The lowest BCUT2D eigenvalue weighted by Gasteiger charge is -2.12. The van der Waals surface area contributed by atoms with Crippen molar-refractivity contribution >= 4 is 38.4 Å². The van der Waals surface area contributed by atoms with E-state index in [0.29, 0.717) is 23.6 Å². The molecule has 0 aliphatic heterocycles. The van der Waals surface area contributed by atoms with Gasteiger partial charge in [-0.05, 0) is 48.4 Å². The van der Waals surface area contributed by atoms with E-state index in [2.05, 4.69) is 20.2 Å². The third kappa shape index (κ3) is 5.13. The summed E-state index contributed by atoms with van der Waals surface area (Å²) in [5.41, 5.74) is 7.34. The molecule has 4 aromatic rings. The van der Waals surface area contributed by atoms with Crippen LogP contribution in [0.15, 0.2) is 63.9 Å². The number of azo groups is 1. The molecule has 0 spiro atoms. The first kappa shape index (κ1) is 26.1. The molecular formula is C23H23N7O5S2. The van der Waals surface area contributed by atoms with Gasteiger partial charge in [-0.1, -0.05) is 0 Å². The molecule has 0 saturated heterocycles. The molecule has 0 aliphatic rings. The Labute approximate surface area is 216 Å². The van der Waals surface area contributed by atoms with E-state index in [1.807, 2.05) is 25.1 Å². The van der Waals surface area contributed by atoms with Crippen molar-refractivity contribution < 1.29 is 18.4 Å². The highest BCUT2D eigenvalue weighted by Crippen LogP contribution is 2.42. The van der Waals surface area contributed by atoms with Crippen molar-refractivity contribution in [3.63, 3.8) is 0 Å². The minimum atomic E-state index is -4.06. The van der Waals surface area contributed by atoms with Crippen molar-refractivity contribution in [2.24, 2.45) is 16.0 Å². The van der Waals surface area contributed by atoms with Crippen LogP contribution >= 0.6 is 11.3 Å². The van der Waals surface area contributed by atoms with Crippen LogP contribution in [0, 0.1) is 17.0 Å². The molecule has 2 aromatic carbocycles. The number of nitro benzene ring substituents is 1. The zero-order valence-electron chi connectivity index (χ0n) is 20.0. The largest absolute Gasteiger partial charge is 0.501 e. The molecule has 0 amide bonds. The molecule has 14 heteroatoms. The highest BCUT2D eigenvalue weighted by Gasteiger charge is 2.26. The number of aromatic nitrogens is 2. The summed E-state index contributed by atoms with van der Waals surface area (Å²) in [7, 11) is -1.47. The Hall–Kier alpha value is -3.98. The van der Waals surface area contributed by atoms with Crippen LogP contribution in [0.4, 0.5) is 17.1 Å². The van der Waals surface area contributed by atoms with Crippen LogP contribution in [0.1, 0.15) is 10.4 Å². The van der Waals surface area contributed by atoms with Gasteiger partial charge in [0.15, 0.2) is 0 Å². The van der Waals surface area contributed by atoms with Crippen LogP contribution in [0.3, 0.4) is 0 Å². The summed E-state index contributed by atoms with van der Waals surface area (Å²) in [5.74, 6) is -0.291. The van der Waals surface area contributed by atoms with Crippen LogP contribution in [-0.4, -0.2) is 46.8 Å². The minimum absolute atomic E-state index is 0.348. The fourth-order valence-electron chi connectivity index (χ4n) is 3.54. The lowest BCUT2D eigenvalue weighted by molar-refractivity contribution is -0.386. The number of nitrogens with zero attached hydrogens (tertiary/aromatic N) is 5. The highest BCUT2D eigenvalue weighted by atomic mass is 32.2. The third-order valence-electron chi connectivity index (χ3n) is 5.51. The fourth-order valence-corrected chi connectivity index (χ4v) is 5.45. The first-order valence-electron chi connectivity index (χ1n) is 10.8. The lowest BCUT2D eigenvalue weighted by atomic mass is 10.0. The number of nitro groups is 1. The number of benzene rings is 2. The molecule has 192 valence electrons. The number of thiophene rings is 1.